The molecule has 1 fully saturated rings. The molecule has 29 heavy (non-hydrogen) atoms. The number of fused-ring (bicyclic) bond motifs is 1. The molecule has 0 aliphatic carbocycles. The lowest BCUT2D eigenvalue weighted by Gasteiger charge is -2.35. The van der Waals surface area contributed by atoms with Crippen LogP contribution in [-0.4, -0.2) is 53.7 Å². The third-order valence-electron chi connectivity index (χ3n) is 5.31. The third kappa shape index (κ3) is 4.02. The molecular formula is C22H25N3O3S. The molecule has 3 aromatic carbocycles. The van der Waals surface area contributed by atoms with Crippen LogP contribution in [0.1, 0.15) is 0 Å². The van der Waals surface area contributed by atoms with Gasteiger partial charge < -0.3 is 14.5 Å². The largest absolute Gasteiger partial charge is 0.495 e. The van der Waals surface area contributed by atoms with Crippen LogP contribution in [-0.2, 0) is 10.0 Å². The van der Waals surface area contributed by atoms with Crippen LogP contribution >= 0.6 is 0 Å². The average molecular weight is 412 g/mol. The van der Waals surface area contributed by atoms with Crippen molar-refractivity contribution in [1.82, 2.24) is 4.90 Å². The van der Waals surface area contributed by atoms with Crippen molar-refractivity contribution in [2.75, 3.05) is 50.0 Å². The molecule has 6 nitrogen and oxygen atoms in total. The van der Waals surface area contributed by atoms with E-state index in [9.17, 15) is 8.42 Å². The first kappa shape index (κ1) is 19.5. The zero-order valence-electron chi connectivity index (χ0n) is 16.6. The number of rotatable bonds is 5. The van der Waals surface area contributed by atoms with E-state index in [2.05, 4.69) is 21.6 Å². The van der Waals surface area contributed by atoms with E-state index in [4.69, 9.17) is 4.74 Å². The minimum atomic E-state index is -3.73. The quantitative estimate of drug-likeness (QED) is 0.697. The zero-order chi connectivity index (χ0) is 20.4. The number of hydrogen-bond donors (Lipinski definition) is 1. The number of nitrogens with one attached hydrogen (secondary N) is 1. The van der Waals surface area contributed by atoms with Gasteiger partial charge in [-0.1, -0.05) is 36.4 Å². The van der Waals surface area contributed by atoms with Gasteiger partial charge in [0.1, 0.15) is 5.75 Å². The molecule has 1 saturated heterocycles. The van der Waals surface area contributed by atoms with E-state index in [0.29, 0.717) is 11.1 Å². The predicted molar refractivity (Wildman–Crippen MR) is 117 cm³/mol. The van der Waals surface area contributed by atoms with Crippen LogP contribution in [0.3, 0.4) is 0 Å². The highest BCUT2D eigenvalue weighted by Crippen LogP contribution is 2.33. The summed E-state index contributed by atoms with van der Waals surface area (Å²) in [6.45, 7) is 3.64. The summed E-state index contributed by atoms with van der Waals surface area (Å²) in [5.74, 6) is 0.739. The minimum absolute atomic E-state index is 0.271. The van der Waals surface area contributed by atoms with Crippen LogP contribution in [0.15, 0.2) is 65.6 Å². The Hall–Kier alpha value is -2.77. The summed E-state index contributed by atoms with van der Waals surface area (Å²) < 4.78 is 34.5. The fourth-order valence-electron chi connectivity index (χ4n) is 3.69. The second kappa shape index (κ2) is 7.93. The van der Waals surface area contributed by atoms with Gasteiger partial charge in [0.05, 0.1) is 23.4 Å². The summed E-state index contributed by atoms with van der Waals surface area (Å²) in [7, 11) is 0.000962. The molecule has 152 valence electrons. The van der Waals surface area contributed by atoms with Crippen LogP contribution in [0.25, 0.3) is 10.8 Å². The lowest BCUT2D eigenvalue weighted by Crippen LogP contribution is -2.44. The van der Waals surface area contributed by atoms with Crippen LogP contribution in [0.2, 0.25) is 0 Å². The van der Waals surface area contributed by atoms with Crippen molar-refractivity contribution in [3.05, 3.63) is 60.7 Å². The molecule has 0 aromatic heterocycles. The molecule has 1 heterocycles. The van der Waals surface area contributed by atoms with Gasteiger partial charge in [0.25, 0.3) is 10.0 Å². The Bertz CT molecular complexity index is 1120. The van der Waals surface area contributed by atoms with Crippen LogP contribution in [0.4, 0.5) is 11.4 Å². The Morgan fingerprint density at radius 2 is 1.66 bits per heavy atom. The van der Waals surface area contributed by atoms with Crippen LogP contribution in [0.5, 0.6) is 5.75 Å². The van der Waals surface area contributed by atoms with Crippen LogP contribution < -0.4 is 14.4 Å². The zero-order valence-corrected chi connectivity index (χ0v) is 17.4. The molecular weight excluding hydrogens is 386 g/mol. The second-order valence-corrected chi connectivity index (χ2v) is 8.91. The summed E-state index contributed by atoms with van der Waals surface area (Å²) in [6.07, 6.45) is 0. The molecule has 1 N–H and O–H groups in total. The number of methoxy groups -OCH3 is 1. The molecule has 0 atom stereocenters. The van der Waals surface area contributed by atoms with Crippen LogP contribution in [0, 0.1) is 0 Å². The second-order valence-electron chi connectivity index (χ2n) is 7.26. The normalized spacial score (nSPS) is 15.4. The van der Waals surface area contributed by atoms with Crippen molar-refractivity contribution in [2.45, 2.75) is 4.90 Å². The molecule has 1 aliphatic rings. The topological polar surface area (TPSA) is 61.9 Å². The van der Waals surface area contributed by atoms with E-state index < -0.39 is 10.0 Å². The first-order chi connectivity index (χ1) is 14.0. The first-order valence-electron chi connectivity index (χ1n) is 9.60. The number of benzene rings is 3. The fourth-order valence-corrected chi connectivity index (χ4v) is 4.97. The van der Waals surface area contributed by atoms with Gasteiger partial charge in [0, 0.05) is 31.6 Å². The molecule has 0 amide bonds. The van der Waals surface area contributed by atoms with Gasteiger partial charge in [-0.15, -0.1) is 0 Å². The molecule has 0 radical (unpaired) electrons. The van der Waals surface area contributed by atoms with Gasteiger partial charge in [0.15, 0.2) is 0 Å². The smallest absolute Gasteiger partial charge is 0.262 e. The summed E-state index contributed by atoms with van der Waals surface area (Å²) in [6, 6.07) is 18.2. The van der Waals surface area contributed by atoms with Crippen molar-refractivity contribution in [3.8, 4) is 5.75 Å². The number of piperazine rings is 1. The molecule has 4 rings (SSSR count). The van der Waals surface area contributed by atoms with E-state index in [1.165, 1.54) is 0 Å². The Labute approximate surface area is 171 Å². The average Bonchev–Trinajstić information content (AvgIpc) is 2.73. The fraction of sp³-hybridized carbons (Fsp3) is 0.273. The van der Waals surface area contributed by atoms with Gasteiger partial charge >= 0.3 is 0 Å². The number of nitrogens with zero attached hydrogens (tertiary/aromatic N) is 2. The van der Waals surface area contributed by atoms with Crippen molar-refractivity contribution in [1.29, 1.82) is 0 Å². The number of ether oxygens (including phenoxy) is 1. The van der Waals surface area contributed by atoms with Gasteiger partial charge in [-0.05, 0) is 36.7 Å². The van der Waals surface area contributed by atoms with Crippen molar-refractivity contribution < 1.29 is 13.2 Å². The van der Waals surface area contributed by atoms with Crippen molar-refractivity contribution in [2.24, 2.45) is 0 Å². The van der Waals surface area contributed by atoms with Gasteiger partial charge in [-0.3, -0.25) is 4.72 Å². The Kier molecular flexibility index (Phi) is 5.34. The summed E-state index contributed by atoms with van der Waals surface area (Å²) >= 11 is 0. The minimum Gasteiger partial charge on any atom is -0.495 e. The number of likely N-dealkylation sites (N-methyl/N-ethyl adjacent to an activating group) is 1. The lowest BCUT2D eigenvalue weighted by molar-refractivity contribution is 0.311. The van der Waals surface area contributed by atoms with E-state index >= 15 is 0 Å². The van der Waals surface area contributed by atoms with Gasteiger partial charge in [-0.25, -0.2) is 8.42 Å². The Morgan fingerprint density at radius 3 is 2.41 bits per heavy atom. The maximum absolute atomic E-state index is 13.1. The number of anilines is 2. The summed E-state index contributed by atoms with van der Waals surface area (Å²) in [5, 5.41) is 1.60. The SMILES string of the molecule is COc1ccc(NS(=O)(=O)c2cccc3ccccc23)cc1N1CCN(C)CC1. The highest BCUT2D eigenvalue weighted by atomic mass is 32.2. The molecule has 7 heteroatoms. The van der Waals surface area contributed by atoms with Crippen molar-refractivity contribution in [3.63, 3.8) is 0 Å². The molecule has 0 spiro atoms. The van der Waals surface area contributed by atoms with Crippen molar-refractivity contribution >= 4 is 32.2 Å². The highest BCUT2D eigenvalue weighted by molar-refractivity contribution is 7.93. The lowest BCUT2D eigenvalue weighted by atomic mass is 10.1. The predicted octanol–water partition coefficient (Wildman–Crippen LogP) is 3.40. The number of sulfonamides is 1. The highest BCUT2D eigenvalue weighted by Gasteiger charge is 2.21. The van der Waals surface area contributed by atoms with E-state index in [-0.39, 0.29) is 4.90 Å². The van der Waals surface area contributed by atoms with Gasteiger partial charge in [0.2, 0.25) is 0 Å². The van der Waals surface area contributed by atoms with E-state index in [1.807, 2.05) is 42.5 Å². The molecule has 0 unspecified atom stereocenters. The molecule has 3 aromatic rings. The van der Waals surface area contributed by atoms with Gasteiger partial charge in [-0.2, -0.15) is 0 Å². The Morgan fingerprint density at radius 1 is 0.931 bits per heavy atom. The number of hydrogen-bond acceptors (Lipinski definition) is 5. The molecule has 1 aliphatic heterocycles. The molecule has 0 bridgehead atoms. The monoisotopic (exact) mass is 411 g/mol. The van der Waals surface area contributed by atoms with E-state index in [0.717, 1.165) is 43.0 Å². The van der Waals surface area contributed by atoms with E-state index in [1.54, 1.807) is 25.3 Å². The first-order valence-corrected chi connectivity index (χ1v) is 11.1. The summed E-state index contributed by atoms with van der Waals surface area (Å²) in [4.78, 5) is 4.78. The molecule has 0 saturated carbocycles. The maximum Gasteiger partial charge on any atom is 0.262 e. The maximum atomic E-state index is 13.1. The third-order valence-corrected chi connectivity index (χ3v) is 6.75. The Balaban J connectivity index is 1.67. The summed E-state index contributed by atoms with van der Waals surface area (Å²) in [5.41, 5.74) is 1.42. The standard InChI is InChI=1S/C22H25N3O3S/c1-24-12-14-25(15-13-24)20-16-18(10-11-21(20)28-2)23-29(26,27)22-9-5-7-17-6-3-4-8-19(17)22/h3-11,16,23H,12-15H2,1-2H3.